The van der Waals surface area contributed by atoms with E-state index in [-0.39, 0.29) is 17.8 Å². The molecule has 0 saturated heterocycles. The Kier molecular flexibility index (Phi) is 3.88. The van der Waals surface area contributed by atoms with Crippen molar-refractivity contribution in [2.24, 2.45) is 0 Å². The van der Waals surface area contributed by atoms with Gasteiger partial charge in [0, 0.05) is 12.5 Å². The first-order chi connectivity index (χ1) is 9.49. The van der Waals surface area contributed by atoms with E-state index < -0.39 is 23.4 Å². The first kappa shape index (κ1) is 13.9. The third-order valence-electron chi connectivity index (χ3n) is 2.62. The van der Waals surface area contributed by atoms with Gasteiger partial charge in [0.2, 0.25) is 5.91 Å². The fraction of sp³-hybridized carbons (Fsp3) is 0.154. The van der Waals surface area contributed by atoms with E-state index in [0.29, 0.717) is 0 Å². The summed E-state index contributed by atoms with van der Waals surface area (Å²) >= 11 is 0. The van der Waals surface area contributed by atoms with Crippen LogP contribution in [0.15, 0.2) is 30.7 Å². The Morgan fingerprint density at radius 1 is 1.30 bits per heavy atom. The van der Waals surface area contributed by atoms with Crippen LogP contribution in [0.2, 0.25) is 0 Å². The highest BCUT2D eigenvalue weighted by Gasteiger charge is 2.16. The zero-order valence-corrected chi connectivity index (χ0v) is 10.6. The molecule has 0 aliphatic carbocycles. The lowest BCUT2D eigenvalue weighted by atomic mass is 10.2. The standard InChI is InChI=1S/C13H11F2N3O2/c1-8(19)17-13(20)12-5-16-7-18(12)6-9-10(14)3-2-4-11(9)15/h2-5,7H,6H2,1H3,(H,17,19,20). The van der Waals surface area contributed by atoms with Crippen molar-refractivity contribution in [2.75, 3.05) is 0 Å². The number of aromatic nitrogens is 2. The number of hydrogen-bond donors (Lipinski definition) is 1. The molecule has 0 aliphatic heterocycles. The minimum Gasteiger partial charge on any atom is -0.322 e. The molecule has 0 radical (unpaired) electrons. The molecular formula is C13H11F2N3O2. The lowest BCUT2D eigenvalue weighted by Gasteiger charge is -2.09. The van der Waals surface area contributed by atoms with Crippen LogP contribution in [-0.2, 0) is 11.3 Å². The van der Waals surface area contributed by atoms with Crippen LogP contribution < -0.4 is 5.32 Å². The molecule has 0 bridgehead atoms. The van der Waals surface area contributed by atoms with Crippen molar-refractivity contribution in [1.82, 2.24) is 14.9 Å². The molecule has 5 nitrogen and oxygen atoms in total. The summed E-state index contributed by atoms with van der Waals surface area (Å²) in [4.78, 5) is 26.3. The second-order valence-corrected chi connectivity index (χ2v) is 4.12. The van der Waals surface area contributed by atoms with Crippen LogP contribution in [-0.4, -0.2) is 21.4 Å². The van der Waals surface area contributed by atoms with E-state index in [0.717, 1.165) is 12.1 Å². The molecule has 20 heavy (non-hydrogen) atoms. The average Bonchev–Trinajstić information content (AvgIpc) is 2.81. The summed E-state index contributed by atoms with van der Waals surface area (Å²) in [5, 5.41) is 2.07. The van der Waals surface area contributed by atoms with Crippen molar-refractivity contribution in [1.29, 1.82) is 0 Å². The number of imidazole rings is 1. The van der Waals surface area contributed by atoms with E-state index in [1.54, 1.807) is 0 Å². The highest BCUT2D eigenvalue weighted by atomic mass is 19.1. The van der Waals surface area contributed by atoms with Crippen molar-refractivity contribution in [3.8, 4) is 0 Å². The second kappa shape index (κ2) is 5.60. The summed E-state index contributed by atoms with van der Waals surface area (Å²) in [6.45, 7) is 0.994. The molecule has 2 amide bonds. The molecule has 0 unspecified atom stereocenters. The minimum atomic E-state index is -0.711. The quantitative estimate of drug-likeness (QED) is 0.925. The van der Waals surface area contributed by atoms with Crippen LogP contribution in [0.25, 0.3) is 0 Å². The molecule has 2 aromatic rings. The lowest BCUT2D eigenvalue weighted by Crippen LogP contribution is -2.30. The van der Waals surface area contributed by atoms with Crippen LogP contribution in [0.4, 0.5) is 8.78 Å². The van der Waals surface area contributed by atoms with Gasteiger partial charge in [-0.3, -0.25) is 14.9 Å². The number of benzene rings is 1. The summed E-state index contributed by atoms with van der Waals surface area (Å²) in [5.41, 5.74) is -0.134. The van der Waals surface area contributed by atoms with Gasteiger partial charge in [-0.2, -0.15) is 0 Å². The van der Waals surface area contributed by atoms with Crippen LogP contribution in [0, 0.1) is 11.6 Å². The molecule has 0 saturated carbocycles. The smallest absolute Gasteiger partial charge is 0.276 e. The van der Waals surface area contributed by atoms with Crippen molar-refractivity contribution < 1.29 is 18.4 Å². The molecule has 104 valence electrons. The zero-order chi connectivity index (χ0) is 14.7. The van der Waals surface area contributed by atoms with Crippen LogP contribution >= 0.6 is 0 Å². The minimum absolute atomic E-state index is 0.0443. The van der Waals surface area contributed by atoms with E-state index in [2.05, 4.69) is 10.3 Å². The number of halogens is 2. The van der Waals surface area contributed by atoms with Gasteiger partial charge in [-0.05, 0) is 12.1 Å². The number of carbonyl (C=O) groups excluding carboxylic acids is 2. The SMILES string of the molecule is CC(=O)NC(=O)c1cncn1Cc1c(F)cccc1F. The van der Waals surface area contributed by atoms with Gasteiger partial charge >= 0.3 is 0 Å². The Bertz CT molecular complexity index is 647. The Balaban J connectivity index is 2.29. The Morgan fingerprint density at radius 3 is 2.55 bits per heavy atom. The van der Waals surface area contributed by atoms with Gasteiger partial charge in [-0.1, -0.05) is 6.07 Å². The van der Waals surface area contributed by atoms with E-state index in [1.807, 2.05) is 0 Å². The maximum Gasteiger partial charge on any atom is 0.276 e. The Morgan fingerprint density at radius 2 is 1.95 bits per heavy atom. The highest BCUT2D eigenvalue weighted by molar-refractivity contribution is 6.02. The normalized spacial score (nSPS) is 10.3. The predicted octanol–water partition coefficient (Wildman–Crippen LogP) is 1.49. The van der Waals surface area contributed by atoms with Gasteiger partial charge in [0.15, 0.2) is 0 Å². The van der Waals surface area contributed by atoms with Crippen LogP contribution in [0.3, 0.4) is 0 Å². The maximum atomic E-state index is 13.6. The fourth-order valence-electron chi connectivity index (χ4n) is 1.71. The summed E-state index contributed by atoms with van der Waals surface area (Å²) < 4.78 is 28.4. The third-order valence-corrected chi connectivity index (χ3v) is 2.62. The fourth-order valence-corrected chi connectivity index (χ4v) is 1.71. The molecule has 0 atom stereocenters. The molecule has 2 rings (SSSR count). The second-order valence-electron chi connectivity index (χ2n) is 4.12. The first-order valence-corrected chi connectivity index (χ1v) is 5.74. The van der Waals surface area contributed by atoms with Crippen LogP contribution in [0.5, 0.6) is 0 Å². The van der Waals surface area contributed by atoms with Crippen molar-refractivity contribution in [2.45, 2.75) is 13.5 Å². The average molecular weight is 279 g/mol. The number of imide groups is 1. The summed E-state index contributed by atoms with van der Waals surface area (Å²) in [6.07, 6.45) is 2.48. The van der Waals surface area contributed by atoms with Gasteiger partial charge < -0.3 is 4.57 Å². The number of hydrogen-bond acceptors (Lipinski definition) is 3. The van der Waals surface area contributed by atoms with E-state index in [4.69, 9.17) is 0 Å². The third kappa shape index (κ3) is 2.87. The maximum absolute atomic E-state index is 13.6. The monoisotopic (exact) mass is 279 g/mol. The number of rotatable bonds is 3. The van der Waals surface area contributed by atoms with Crippen molar-refractivity contribution in [3.05, 3.63) is 53.6 Å². The van der Waals surface area contributed by atoms with Gasteiger partial charge in [-0.25, -0.2) is 13.8 Å². The molecule has 0 fully saturated rings. The summed E-state index contributed by atoms with van der Waals surface area (Å²) in [6, 6.07) is 3.51. The largest absolute Gasteiger partial charge is 0.322 e. The summed E-state index contributed by atoms with van der Waals surface area (Å²) in [7, 11) is 0. The molecule has 1 aromatic heterocycles. The number of nitrogens with zero attached hydrogens (tertiary/aromatic N) is 2. The molecule has 0 spiro atoms. The number of amides is 2. The molecule has 7 heteroatoms. The predicted molar refractivity (Wildman–Crippen MR) is 65.8 cm³/mol. The first-order valence-electron chi connectivity index (χ1n) is 5.74. The van der Waals surface area contributed by atoms with Gasteiger partial charge in [-0.15, -0.1) is 0 Å². The highest BCUT2D eigenvalue weighted by Crippen LogP contribution is 2.14. The van der Waals surface area contributed by atoms with Crippen molar-refractivity contribution >= 4 is 11.8 Å². The van der Waals surface area contributed by atoms with Crippen LogP contribution in [0.1, 0.15) is 23.0 Å². The van der Waals surface area contributed by atoms with Gasteiger partial charge in [0.25, 0.3) is 5.91 Å². The topological polar surface area (TPSA) is 64.0 Å². The van der Waals surface area contributed by atoms with E-state index in [1.165, 1.54) is 30.1 Å². The number of nitrogens with one attached hydrogen (secondary N) is 1. The van der Waals surface area contributed by atoms with E-state index >= 15 is 0 Å². The van der Waals surface area contributed by atoms with Crippen molar-refractivity contribution in [3.63, 3.8) is 0 Å². The van der Waals surface area contributed by atoms with Gasteiger partial charge in [0.05, 0.1) is 19.1 Å². The number of carbonyl (C=O) groups is 2. The summed E-state index contributed by atoms with van der Waals surface area (Å²) in [5.74, 6) is -2.63. The van der Waals surface area contributed by atoms with E-state index in [9.17, 15) is 18.4 Å². The zero-order valence-electron chi connectivity index (χ0n) is 10.6. The molecule has 1 heterocycles. The Hall–Kier alpha value is -2.57. The molecule has 0 aliphatic rings. The molecule has 1 aromatic carbocycles. The van der Waals surface area contributed by atoms with Gasteiger partial charge in [0.1, 0.15) is 17.3 Å². The molecular weight excluding hydrogens is 268 g/mol. The lowest BCUT2D eigenvalue weighted by molar-refractivity contribution is -0.118. The molecule has 1 N–H and O–H groups in total. The Labute approximate surface area is 113 Å².